The van der Waals surface area contributed by atoms with Crippen molar-refractivity contribution in [1.82, 2.24) is 14.1 Å². The molecule has 1 saturated carbocycles. The van der Waals surface area contributed by atoms with E-state index in [1.807, 2.05) is 23.1 Å². The molecule has 0 radical (unpaired) electrons. The van der Waals surface area contributed by atoms with Crippen LogP contribution in [0.3, 0.4) is 0 Å². The number of hydrogen-bond donors (Lipinski definition) is 0. The molecule has 1 aliphatic carbocycles. The van der Waals surface area contributed by atoms with Crippen LogP contribution in [-0.4, -0.2) is 54.8 Å². The lowest BCUT2D eigenvalue weighted by molar-refractivity contribution is 0.205. The monoisotopic (exact) mass is 512 g/mol. The van der Waals surface area contributed by atoms with Gasteiger partial charge in [-0.2, -0.15) is 14.1 Å². The van der Waals surface area contributed by atoms with Gasteiger partial charge in [0, 0.05) is 26.2 Å². The topological polar surface area (TPSA) is 84.7 Å². The lowest BCUT2D eigenvalue weighted by atomic mass is 10.2. The van der Waals surface area contributed by atoms with Gasteiger partial charge in [-0.05, 0) is 49.4 Å². The van der Waals surface area contributed by atoms with Gasteiger partial charge in [-0.1, -0.05) is 36.4 Å². The van der Waals surface area contributed by atoms with Gasteiger partial charge >= 0.3 is 5.56 Å². The first-order valence-corrected chi connectivity index (χ1v) is 13.8. The van der Waals surface area contributed by atoms with Crippen molar-refractivity contribution in [2.75, 3.05) is 31.1 Å². The van der Waals surface area contributed by atoms with Crippen LogP contribution in [0.1, 0.15) is 31.2 Å². The zero-order valence-electron chi connectivity index (χ0n) is 19.9. The quantitative estimate of drug-likeness (QED) is 0.483. The molecule has 3 aromatic rings. The zero-order chi connectivity index (χ0) is 25.1. The Hall–Kier alpha value is -3.24. The summed E-state index contributed by atoms with van der Waals surface area (Å²) >= 11 is 0. The van der Waals surface area contributed by atoms with Crippen LogP contribution in [0.15, 0.2) is 65.6 Å². The van der Waals surface area contributed by atoms with Crippen LogP contribution in [0.25, 0.3) is 5.69 Å². The SMILES string of the molecule is O=c1c(OC2CCCC2)c(N2CCN(S(=O)(=O)Cc3ccccc3)CC2)cnn1-c1cccc(F)c1. The summed E-state index contributed by atoms with van der Waals surface area (Å²) in [7, 11) is -3.47. The number of benzene rings is 2. The smallest absolute Gasteiger partial charge is 0.316 e. The molecule has 0 atom stereocenters. The number of hydrogen-bond acceptors (Lipinski definition) is 6. The van der Waals surface area contributed by atoms with Crippen LogP contribution in [0, 0.1) is 5.82 Å². The average molecular weight is 513 g/mol. The highest BCUT2D eigenvalue weighted by Crippen LogP contribution is 2.30. The van der Waals surface area contributed by atoms with Gasteiger partial charge in [0.15, 0.2) is 0 Å². The molecule has 1 saturated heterocycles. The zero-order valence-corrected chi connectivity index (χ0v) is 20.7. The molecule has 2 heterocycles. The predicted octanol–water partition coefficient (Wildman–Crippen LogP) is 3.35. The second-order valence-corrected chi connectivity index (χ2v) is 11.2. The molecule has 36 heavy (non-hydrogen) atoms. The molecule has 5 rings (SSSR count). The average Bonchev–Trinajstić information content (AvgIpc) is 3.39. The number of piperazine rings is 1. The molecule has 0 unspecified atom stereocenters. The largest absolute Gasteiger partial charge is 0.483 e. The third-order valence-corrected chi connectivity index (χ3v) is 8.57. The van der Waals surface area contributed by atoms with Gasteiger partial charge < -0.3 is 9.64 Å². The van der Waals surface area contributed by atoms with Gasteiger partial charge in [0.05, 0.1) is 23.7 Å². The van der Waals surface area contributed by atoms with E-state index in [2.05, 4.69) is 5.10 Å². The highest BCUT2D eigenvalue weighted by molar-refractivity contribution is 7.88. The highest BCUT2D eigenvalue weighted by Gasteiger charge is 2.30. The van der Waals surface area contributed by atoms with Crippen LogP contribution in [0.2, 0.25) is 0 Å². The minimum absolute atomic E-state index is 0.0465. The van der Waals surface area contributed by atoms with Crippen LogP contribution >= 0.6 is 0 Å². The molecule has 0 spiro atoms. The molecule has 0 bridgehead atoms. The maximum atomic E-state index is 13.8. The first-order valence-electron chi connectivity index (χ1n) is 12.2. The van der Waals surface area contributed by atoms with Crippen LogP contribution < -0.4 is 15.2 Å². The molecule has 0 N–H and O–H groups in total. The van der Waals surface area contributed by atoms with Crippen LogP contribution in [0.4, 0.5) is 10.1 Å². The second-order valence-electron chi connectivity index (χ2n) is 9.21. The predicted molar refractivity (Wildman–Crippen MR) is 136 cm³/mol. The van der Waals surface area contributed by atoms with E-state index in [1.54, 1.807) is 24.4 Å². The number of halogens is 1. The maximum absolute atomic E-state index is 13.8. The fourth-order valence-electron chi connectivity index (χ4n) is 4.81. The summed E-state index contributed by atoms with van der Waals surface area (Å²) in [6.07, 6.45) is 5.32. The summed E-state index contributed by atoms with van der Waals surface area (Å²) in [6.45, 7) is 1.40. The molecular formula is C26H29FN4O4S. The van der Waals surface area contributed by atoms with Crippen molar-refractivity contribution in [2.45, 2.75) is 37.5 Å². The molecule has 0 amide bonds. The number of sulfonamides is 1. The van der Waals surface area contributed by atoms with Crippen molar-refractivity contribution in [1.29, 1.82) is 0 Å². The molecule has 1 aliphatic heterocycles. The molecule has 2 fully saturated rings. The number of nitrogens with zero attached hydrogens (tertiary/aromatic N) is 4. The molecule has 190 valence electrons. The lowest BCUT2D eigenvalue weighted by Gasteiger charge is -2.36. The van der Waals surface area contributed by atoms with Crippen LogP contribution in [-0.2, 0) is 15.8 Å². The van der Waals surface area contributed by atoms with E-state index in [-0.39, 0.29) is 17.6 Å². The number of anilines is 1. The summed E-state index contributed by atoms with van der Waals surface area (Å²) in [6, 6.07) is 14.8. The molecule has 2 aromatic carbocycles. The second kappa shape index (κ2) is 10.4. The number of rotatable bonds is 7. The van der Waals surface area contributed by atoms with Crippen molar-refractivity contribution < 1.29 is 17.5 Å². The Morgan fingerprint density at radius 1 is 0.972 bits per heavy atom. The molecule has 1 aromatic heterocycles. The highest BCUT2D eigenvalue weighted by atomic mass is 32.2. The number of ether oxygens (including phenoxy) is 1. The van der Waals surface area contributed by atoms with E-state index >= 15 is 0 Å². The van der Waals surface area contributed by atoms with Gasteiger partial charge in [0.25, 0.3) is 0 Å². The van der Waals surface area contributed by atoms with Gasteiger partial charge in [-0.25, -0.2) is 12.8 Å². The first kappa shape index (κ1) is 24.5. The van der Waals surface area contributed by atoms with Crippen molar-refractivity contribution in [3.05, 3.63) is 82.5 Å². The van der Waals surface area contributed by atoms with Gasteiger partial charge in [-0.3, -0.25) is 4.79 Å². The Kier molecular flexibility index (Phi) is 7.06. The van der Waals surface area contributed by atoms with Gasteiger partial charge in [-0.15, -0.1) is 0 Å². The third-order valence-electron chi connectivity index (χ3n) is 6.72. The van der Waals surface area contributed by atoms with E-state index < -0.39 is 21.4 Å². The van der Waals surface area contributed by atoms with Crippen molar-refractivity contribution in [3.8, 4) is 11.4 Å². The van der Waals surface area contributed by atoms with E-state index in [0.29, 0.717) is 37.6 Å². The fraction of sp³-hybridized carbons (Fsp3) is 0.385. The normalized spacial score (nSPS) is 17.4. The molecule has 8 nitrogen and oxygen atoms in total. The Morgan fingerprint density at radius 2 is 1.69 bits per heavy atom. The van der Waals surface area contributed by atoms with E-state index in [9.17, 15) is 17.6 Å². The first-order chi connectivity index (χ1) is 17.4. The van der Waals surface area contributed by atoms with Crippen molar-refractivity contribution in [2.24, 2.45) is 0 Å². The van der Waals surface area contributed by atoms with Crippen LogP contribution in [0.5, 0.6) is 5.75 Å². The molecule has 10 heteroatoms. The summed E-state index contributed by atoms with van der Waals surface area (Å²) in [5.74, 6) is -0.326. The third kappa shape index (κ3) is 5.29. The van der Waals surface area contributed by atoms with E-state index in [4.69, 9.17) is 4.74 Å². The minimum atomic E-state index is -3.47. The summed E-state index contributed by atoms with van der Waals surface area (Å²) in [4.78, 5) is 15.4. The van der Waals surface area contributed by atoms with E-state index in [0.717, 1.165) is 35.9 Å². The lowest BCUT2D eigenvalue weighted by Crippen LogP contribution is -2.49. The minimum Gasteiger partial charge on any atom is -0.483 e. The Bertz CT molecular complexity index is 1370. The standard InChI is InChI=1S/C26H29FN4O4S/c27-21-9-6-10-22(17-21)31-26(32)25(35-23-11-4-5-12-23)24(18-28-31)29-13-15-30(16-14-29)36(33,34)19-20-7-2-1-3-8-20/h1-3,6-10,17-18,23H,4-5,11-16,19H2. The van der Waals surface area contributed by atoms with Gasteiger partial charge in [0.2, 0.25) is 15.8 Å². The van der Waals surface area contributed by atoms with Crippen molar-refractivity contribution >= 4 is 15.7 Å². The fourth-order valence-corrected chi connectivity index (χ4v) is 6.33. The Labute approximate surface area is 210 Å². The maximum Gasteiger partial charge on any atom is 0.316 e. The van der Waals surface area contributed by atoms with Crippen molar-refractivity contribution in [3.63, 3.8) is 0 Å². The summed E-state index contributed by atoms with van der Waals surface area (Å²) in [5.41, 5.74) is 1.15. The Balaban J connectivity index is 1.39. The Morgan fingerprint density at radius 3 is 2.39 bits per heavy atom. The van der Waals surface area contributed by atoms with Gasteiger partial charge in [0.1, 0.15) is 11.5 Å². The summed E-state index contributed by atoms with van der Waals surface area (Å²) in [5, 5.41) is 4.31. The van der Waals surface area contributed by atoms with E-state index in [1.165, 1.54) is 22.5 Å². The summed E-state index contributed by atoms with van der Waals surface area (Å²) < 4.78 is 48.6. The molecule has 2 aliphatic rings. The number of aromatic nitrogens is 2. The molecular weight excluding hydrogens is 483 g/mol.